The Balaban J connectivity index is 1.57. The van der Waals surface area contributed by atoms with Crippen LogP contribution in [0.2, 0.25) is 0 Å². The van der Waals surface area contributed by atoms with E-state index in [1.54, 1.807) is 0 Å². The van der Waals surface area contributed by atoms with E-state index >= 15 is 0 Å². The number of nitrogens with one attached hydrogen (secondary N) is 3. The van der Waals surface area contributed by atoms with Crippen molar-refractivity contribution in [1.82, 2.24) is 20.5 Å². The molecule has 0 saturated carbocycles. The fourth-order valence-corrected chi connectivity index (χ4v) is 4.26. The summed E-state index contributed by atoms with van der Waals surface area (Å²) in [7, 11) is 0. The molecule has 4 rings (SSSR count). The second kappa shape index (κ2) is 5.49. The summed E-state index contributed by atoms with van der Waals surface area (Å²) in [5.41, 5.74) is 3.04. The van der Waals surface area contributed by atoms with Gasteiger partial charge in [0.2, 0.25) is 0 Å². The Labute approximate surface area is 143 Å². The number of anilines is 1. The lowest BCUT2D eigenvalue weighted by Crippen LogP contribution is -2.26. The fourth-order valence-electron chi connectivity index (χ4n) is 3.34. The number of nitrogens with zero attached hydrogens (tertiary/aromatic N) is 2. The van der Waals surface area contributed by atoms with Gasteiger partial charge in [0.25, 0.3) is 5.91 Å². The molecule has 7 nitrogen and oxygen atoms in total. The quantitative estimate of drug-likeness (QED) is 0.772. The van der Waals surface area contributed by atoms with Gasteiger partial charge in [0.05, 0.1) is 10.6 Å². The number of aromatic nitrogens is 3. The van der Waals surface area contributed by atoms with Crippen LogP contribution in [-0.4, -0.2) is 33.4 Å². The Bertz CT molecular complexity index is 836. The summed E-state index contributed by atoms with van der Waals surface area (Å²) in [4.78, 5) is 29.9. The minimum atomic E-state index is -0.283. The van der Waals surface area contributed by atoms with E-state index < -0.39 is 0 Å². The number of hydrogen-bond donors (Lipinski definition) is 3. The molecule has 3 N–H and O–H groups in total. The number of Topliss-reactive ketones (excluding diaryl/α,β-unsaturated/α-hetero) is 1. The van der Waals surface area contributed by atoms with Gasteiger partial charge >= 0.3 is 0 Å². The lowest BCUT2D eigenvalue weighted by atomic mass is 9.78. The van der Waals surface area contributed by atoms with Gasteiger partial charge in [-0.2, -0.15) is 5.10 Å². The van der Waals surface area contributed by atoms with Crippen molar-refractivity contribution >= 4 is 28.2 Å². The van der Waals surface area contributed by atoms with E-state index in [1.807, 2.05) is 0 Å². The lowest BCUT2D eigenvalue weighted by Gasteiger charge is -2.26. The molecule has 0 saturated heterocycles. The molecule has 0 spiro atoms. The predicted octanol–water partition coefficient (Wildman–Crippen LogP) is 1.92. The smallest absolute Gasteiger partial charge is 0.278 e. The monoisotopic (exact) mass is 345 g/mol. The standard InChI is InChI=1S/C16H19N5O2S/c1-16(2)5-10-13(11(22)6-16)24-15(18-10)19-14(23)12-8-7-17-4-3-9(8)20-21-12/h17H,3-7H2,1-2H3,(H,20,21)(H,18,19,23). The molecular formula is C16H19N5O2S. The third kappa shape index (κ3) is 2.65. The van der Waals surface area contributed by atoms with Crippen molar-refractivity contribution in [3.8, 4) is 0 Å². The lowest BCUT2D eigenvalue weighted by molar-refractivity contribution is 0.0915. The molecule has 0 unspecified atom stereocenters. The Morgan fingerprint density at radius 3 is 3.00 bits per heavy atom. The molecule has 0 bridgehead atoms. The highest BCUT2D eigenvalue weighted by Crippen LogP contribution is 2.38. The number of rotatable bonds is 2. The van der Waals surface area contributed by atoms with Crippen LogP contribution >= 0.6 is 11.3 Å². The van der Waals surface area contributed by atoms with Crippen LogP contribution in [-0.2, 0) is 19.4 Å². The molecule has 126 valence electrons. The summed E-state index contributed by atoms with van der Waals surface area (Å²) in [6, 6.07) is 0. The Morgan fingerprint density at radius 1 is 1.33 bits per heavy atom. The maximum atomic E-state index is 12.5. The zero-order valence-corrected chi connectivity index (χ0v) is 14.5. The van der Waals surface area contributed by atoms with E-state index in [2.05, 4.69) is 39.7 Å². The van der Waals surface area contributed by atoms with E-state index in [4.69, 9.17) is 0 Å². The number of carbonyl (C=O) groups excluding carboxylic acids is 2. The molecule has 0 fully saturated rings. The predicted molar refractivity (Wildman–Crippen MR) is 90.5 cm³/mol. The van der Waals surface area contributed by atoms with Crippen LogP contribution in [0.25, 0.3) is 0 Å². The van der Waals surface area contributed by atoms with Crippen molar-refractivity contribution in [2.24, 2.45) is 5.41 Å². The molecule has 2 aromatic heterocycles. The van der Waals surface area contributed by atoms with Crippen molar-refractivity contribution in [1.29, 1.82) is 0 Å². The number of carbonyl (C=O) groups is 2. The maximum Gasteiger partial charge on any atom is 0.278 e. The minimum absolute atomic E-state index is 0.0770. The van der Waals surface area contributed by atoms with Gasteiger partial charge in [0.15, 0.2) is 16.6 Å². The second-order valence-electron chi connectivity index (χ2n) is 7.15. The zero-order chi connectivity index (χ0) is 16.9. The third-order valence-electron chi connectivity index (χ3n) is 4.48. The molecule has 2 aliphatic rings. The fraction of sp³-hybridized carbons (Fsp3) is 0.500. The zero-order valence-electron chi connectivity index (χ0n) is 13.7. The summed E-state index contributed by atoms with van der Waals surface area (Å²) in [5.74, 6) is -0.172. The molecule has 2 aromatic rings. The molecular weight excluding hydrogens is 326 g/mol. The molecule has 1 aliphatic carbocycles. The van der Waals surface area contributed by atoms with Gasteiger partial charge in [-0.3, -0.25) is 20.0 Å². The van der Waals surface area contributed by atoms with Crippen molar-refractivity contribution in [3.05, 3.63) is 27.5 Å². The van der Waals surface area contributed by atoms with Gasteiger partial charge in [-0.1, -0.05) is 25.2 Å². The van der Waals surface area contributed by atoms with Crippen molar-refractivity contribution in [2.75, 3.05) is 11.9 Å². The number of thiazole rings is 1. The first-order valence-corrected chi connectivity index (χ1v) is 8.86. The Morgan fingerprint density at radius 2 is 2.17 bits per heavy atom. The molecule has 1 amide bonds. The average Bonchev–Trinajstić information content (AvgIpc) is 3.09. The Kier molecular flexibility index (Phi) is 3.54. The number of aromatic amines is 1. The van der Waals surface area contributed by atoms with Crippen LogP contribution in [0, 0.1) is 5.41 Å². The van der Waals surface area contributed by atoms with Crippen LogP contribution in [0.4, 0.5) is 5.13 Å². The first kappa shape index (κ1) is 15.5. The third-order valence-corrected chi connectivity index (χ3v) is 5.53. The van der Waals surface area contributed by atoms with Crippen LogP contribution in [0.15, 0.2) is 0 Å². The highest BCUT2D eigenvalue weighted by atomic mass is 32.1. The Hall–Kier alpha value is -2.06. The summed E-state index contributed by atoms with van der Waals surface area (Å²) < 4.78 is 0. The van der Waals surface area contributed by atoms with Crippen LogP contribution in [0.1, 0.15) is 57.4 Å². The van der Waals surface area contributed by atoms with Gasteiger partial charge in [-0.05, 0) is 11.8 Å². The number of hydrogen-bond acceptors (Lipinski definition) is 6. The van der Waals surface area contributed by atoms with E-state index in [0.717, 1.165) is 36.3 Å². The minimum Gasteiger partial charge on any atom is -0.312 e. The topological polar surface area (TPSA) is 99.8 Å². The van der Waals surface area contributed by atoms with E-state index in [-0.39, 0.29) is 17.1 Å². The van der Waals surface area contributed by atoms with Crippen molar-refractivity contribution < 1.29 is 9.59 Å². The second-order valence-corrected chi connectivity index (χ2v) is 8.15. The van der Waals surface area contributed by atoms with E-state index in [1.165, 1.54) is 11.3 Å². The van der Waals surface area contributed by atoms with Gasteiger partial charge in [-0.25, -0.2) is 4.98 Å². The van der Waals surface area contributed by atoms with Gasteiger partial charge in [0.1, 0.15) is 0 Å². The maximum absolute atomic E-state index is 12.5. The van der Waals surface area contributed by atoms with Gasteiger partial charge in [0, 0.05) is 37.2 Å². The molecule has 0 atom stereocenters. The van der Waals surface area contributed by atoms with Crippen molar-refractivity contribution in [2.45, 2.75) is 39.7 Å². The first-order valence-electron chi connectivity index (χ1n) is 8.04. The van der Waals surface area contributed by atoms with Crippen LogP contribution < -0.4 is 10.6 Å². The molecule has 1 aliphatic heterocycles. The molecule has 24 heavy (non-hydrogen) atoms. The first-order chi connectivity index (χ1) is 11.4. The van der Waals surface area contributed by atoms with Gasteiger partial charge < -0.3 is 5.32 Å². The number of ketones is 1. The number of H-pyrrole nitrogens is 1. The highest BCUT2D eigenvalue weighted by molar-refractivity contribution is 7.17. The summed E-state index contributed by atoms with van der Waals surface area (Å²) in [5, 5.41) is 13.6. The van der Waals surface area contributed by atoms with Gasteiger partial charge in [-0.15, -0.1) is 0 Å². The molecule has 3 heterocycles. The SMILES string of the molecule is CC1(C)CC(=O)c2sc(NC(=O)c3n[nH]c4c3CNCC4)nc2C1. The normalized spacial score (nSPS) is 18.8. The number of fused-ring (bicyclic) bond motifs is 2. The number of amides is 1. The average molecular weight is 345 g/mol. The van der Waals surface area contributed by atoms with Crippen LogP contribution in [0.5, 0.6) is 0 Å². The largest absolute Gasteiger partial charge is 0.312 e. The highest BCUT2D eigenvalue weighted by Gasteiger charge is 2.34. The summed E-state index contributed by atoms with van der Waals surface area (Å²) in [6.07, 6.45) is 2.11. The van der Waals surface area contributed by atoms with Crippen LogP contribution in [0.3, 0.4) is 0 Å². The summed E-state index contributed by atoms with van der Waals surface area (Å²) >= 11 is 1.26. The van der Waals surface area contributed by atoms with Crippen molar-refractivity contribution in [3.63, 3.8) is 0 Å². The molecule has 0 radical (unpaired) electrons. The summed E-state index contributed by atoms with van der Waals surface area (Å²) in [6.45, 7) is 5.64. The van der Waals surface area contributed by atoms with E-state index in [9.17, 15) is 9.59 Å². The molecule has 8 heteroatoms. The van der Waals surface area contributed by atoms with E-state index in [0.29, 0.717) is 28.7 Å². The molecule has 0 aromatic carbocycles.